The number of ether oxygens (including phenoxy) is 1. The van der Waals surface area contributed by atoms with Crippen LogP contribution in [-0.4, -0.2) is 56.7 Å². The highest BCUT2D eigenvalue weighted by molar-refractivity contribution is 7.97. The molecule has 314 valence electrons. The lowest BCUT2D eigenvalue weighted by Crippen LogP contribution is -2.47. The van der Waals surface area contributed by atoms with Gasteiger partial charge in [0.25, 0.3) is 0 Å². The van der Waals surface area contributed by atoms with E-state index in [1.165, 1.54) is 103 Å². The van der Waals surface area contributed by atoms with Crippen LogP contribution in [0.2, 0.25) is 0 Å². The number of hydrogen-bond donors (Lipinski definition) is 1. The monoisotopic (exact) mass is 763 g/mol. The summed E-state index contributed by atoms with van der Waals surface area (Å²) in [4.78, 5) is 15.0. The summed E-state index contributed by atoms with van der Waals surface area (Å²) in [6, 6.07) is 0. The van der Waals surface area contributed by atoms with Crippen molar-refractivity contribution in [2.75, 3.05) is 39.7 Å². The van der Waals surface area contributed by atoms with Crippen LogP contribution in [0.25, 0.3) is 0 Å². The number of hydrogen-bond acceptors (Lipinski definition) is 5. The van der Waals surface area contributed by atoms with Gasteiger partial charge in [0.15, 0.2) is 0 Å². The molecule has 0 aliphatic heterocycles. The smallest absolute Gasteiger partial charge is 0.332 e. The summed E-state index contributed by atoms with van der Waals surface area (Å²) in [6.07, 6.45) is 34.6. The van der Waals surface area contributed by atoms with E-state index >= 15 is 0 Å². The molecule has 0 heterocycles. The molecule has 3 aliphatic rings. The maximum atomic E-state index is 12.8. The van der Waals surface area contributed by atoms with Gasteiger partial charge in [-0.15, -0.1) is 0 Å². The molecule has 0 aromatic carbocycles. The number of rotatable bonds is 21. The van der Waals surface area contributed by atoms with Crippen LogP contribution in [0, 0.1) is 40.4 Å². The summed E-state index contributed by atoms with van der Waals surface area (Å²) in [5.41, 5.74) is 2.52. The normalized spacial score (nSPS) is 25.2. The Morgan fingerprint density at radius 1 is 0.943 bits per heavy atom. The van der Waals surface area contributed by atoms with E-state index in [0.29, 0.717) is 10.8 Å². The van der Waals surface area contributed by atoms with E-state index in [4.69, 9.17) is 4.74 Å². The Labute approximate surface area is 337 Å². The first-order valence-corrected chi connectivity index (χ1v) is 24.2. The highest BCUT2D eigenvalue weighted by Crippen LogP contribution is 2.66. The molecule has 2 saturated carbocycles. The first-order valence-electron chi connectivity index (χ1n) is 22.6. The van der Waals surface area contributed by atoms with Crippen LogP contribution >= 0.6 is 11.8 Å². The van der Waals surface area contributed by atoms with Crippen LogP contribution in [0.1, 0.15) is 191 Å². The largest absolute Gasteiger partial charge is 0.459 e. The molecular weight excluding hydrogens is 669 g/mol. The van der Waals surface area contributed by atoms with Crippen molar-refractivity contribution in [1.29, 1.82) is 0 Å². The molecule has 3 rings (SSSR count). The average Bonchev–Trinajstić information content (AvgIpc) is 3.43. The van der Waals surface area contributed by atoms with E-state index in [2.05, 4.69) is 78.7 Å². The maximum absolute atomic E-state index is 12.8. The number of allylic oxidation sites excluding steroid dienone is 1. The van der Waals surface area contributed by atoms with E-state index in [9.17, 15) is 4.79 Å². The molecule has 1 N–H and O–H groups in total. The number of carbonyl (C=O) groups excluding carboxylic acids is 1. The molecular formula is C48H94N2O2S. The molecule has 0 aromatic heterocycles. The van der Waals surface area contributed by atoms with Gasteiger partial charge in [0.05, 0.1) is 0 Å². The Balaban J connectivity index is 0.00000272. The molecule has 0 spiro atoms. The lowest BCUT2D eigenvalue weighted by molar-refractivity contribution is -0.143. The molecule has 0 radical (unpaired) electrons. The third-order valence-electron chi connectivity index (χ3n) is 12.1. The summed E-state index contributed by atoms with van der Waals surface area (Å²) in [7, 11) is 4.09. The molecule has 0 aromatic rings. The Kier molecular flexibility index (Phi) is 29.7. The minimum Gasteiger partial charge on any atom is -0.459 e. The number of fused-ring (bicyclic) bond motifs is 3. The average molecular weight is 763 g/mol. The standard InChI is InChI=1S/C40H72N2O2.C4H10.C2H6S.C2H6/c1-8-17-35(44-38(43)24-29-42(7)28-16-12-10-9-11-15-27-41-6)30-33-20-22-36-37-23-21-34(19-14-13-18-32(2)3)40(37,5)26-25-39(36,4)31-33;1-4(2)3;1-3-2;1-2/h20,24,29,32,34-37,41H,8-19,21-23,25-28,30-31H2,1-7H3;4H,1-3H3;1-2H3;1-2H3/b29-24+;;;. The number of unbranched alkanes of at least 4 members (excludes halogenated alkanes) is 6. The lowest BCUT2D eigenvalue weighted by atomic mass is 9.49. The number of thioether (sulfide) groups is 1. The second-order valence-electron chi connectivity index (χ2n) is 18.3. The second kappa shape index (κ2) is 30.2. The van der Waals surface area contributed by atoms with Crippen LogP contribution in [0.4, 0.5) is 0 Å². The van der Waals surface area contributed by atoms with Crippen LogP contribution in [0.15, 0.2) is 23.9 Å². The molecule has 2 fully saturated rings. The predicted octanol–water partition coefficient (Wildman–Crippen LogP) is 14.1. The molecule has 0 bridgehead atoms. The van der Waals surface area contributed by atoms with Crippen molar-refractivity contribution in [3.05, 3.63) is 23.9 Å². The molecule has 0 saturated heterocycles. The van der Waals surface area contributed by atoms with Crippen molar-refractivity contribution in [1.82, 2.24) is 10.2 Å². The molecule has 3 aliphatic carbocycles. The molecule has 6 atom stereocenters. The Hall–Kier alpha value is -0.940. The van der Waals surface area contributed by atoms with Crippen molar-refractivity contribution in [2.45, 2.75) is 197 Å². The minimum atomic E-state index is -0.181. The SMILES string of the molecule is CC.CC(C)C.CCCC(CC1=CCC2C3CCC(CCCCC(C)C)C3(C)CCC2(C)C1)OC(=O)/C=C/N(C)CCCCCCCCNC.CSC. The van der Waals surface area contributed by atoms with Crippen molar-refractivity contribution in [3.8, 4) is 0 Å². The highest BCUT2D eigenvalue weighted by atomic mass is 32.2. The zero-order valence-corrected chi connectivity index (χ0v) is 39.0. The van der Waals surface area contributed by atoms with Gasteiger partial charge in [-0.3, -0.25) is 0 Å². The van der Waals surface area contributed by atoms with Crippen molar-refractivity contribution >= 4 is 17.7 Å². The number of nitrogens with zero attached hydrogens (tertiary/aromatic N) is 1. The van der Waals surface area contributed by atoms with Crippen molar-refractivity contribution in [3.63, 3.8) is 0 Å². The Bertz CT molecular complexity index is 960. The van der Waals surface area contributed by atoms with Gasteiger partial charge < -0.3 is 15.0 Å². The van der Waals surface area contributed by atoms with Crippen molar-refractivity contribution < 1.29 is 9.53 Å². The number of nitrogens with one attached hydrogen (secondary N) is 1. The topological polar surface area (TPSA) is 41.6 Å². The lowest BCUT2D eigenvalue weighted by Gasteiger charge is -2.56. The zero-order valence-electron chi connectivity index (χ0n) is 38.2. The third kappa shape index (κ3) is 21.2. The predicted molar refractivity (Wildman–Crippen MR) is 240 cm³/mol. The Morgan fingerprint density at radius 3 is 2.17 bits per heavy atom. The van der Waals surface area contributed by atoms with E-state index in [0.717, 1.165) is 61.9 Å². The fourth-order valence-corrected chi connectivity index (χ4v) is 9.40. The van der Waals surface area contributed by atoms with Crippen LogP contribution in [0.5, 0.6) is 0 Å². The van der Waals surface area contributed by atoms with Gasteiger partial charge in [-0.2, -0.15) is 11.8 Å². The highest BCUT2D eigenvalue weighted by Gasteiger charge is 2.57. The van der Waals surface area contributed by atoms with Crippen LogP contribution < -0.4 is 5.32 Å². The van der Waals surface area contributed by atoms with E-state index in [1.807, 2.05) is 39.6 Å². The van der Waals surface area contributed by atoms with E-state index < -0.39 is 0 Å². The summed E-state index contributed by atoms with van der Waals surface area (Å²) in [6.45, 7) is 24.8. The van der Waals surface area contributed by atoms with Gasteiger partial charge in [-0.05, 0) is 131 Å². The second-order valence-corrected chi connectivity index (χ2v) is 19.1. The zero-order chi connectivity index (χ0) is 40.3. The molecule has 0 amide bonds. The molecule has 6 unspecified atom stereocenters. The summed E-state index contributed by atoms with van der Waals surface area (Å²) in [5.74, 6) is 4.15. The first kappa shape index (κ1) is 52.1. The number of carbonyl (C=O) groups is 1. The maximum Gasteiger partial charge on any atom is 0.332 e. The van der Waals surface area contributed by atoms with Gasteiger partial charge in [-0.25, -0.2) is 4.79 Å². The van der Waals surface area contributed by atoms with Crippen LogP contribution in [0.3, 0.4) is 0 Å². The minimum absolute atomic E-state index is 0.00711. The van der Waals surface area contributed by atoms with Gasteiger partial charge in [-0.1, -0.05) is 132 Å². The summed E-state index contributed by atoms with van der Waals surface area (Å²) in [5, 5.41) is 3.22. The molecule has 5 heteroatoms. The quantitative estimate of drug-likeness (QED) is 0.0546. The summed E-state index contributed by atoms with van der Waals surface area (Å²) < 4.78 is 6.07. The van der Waals surface area contributed by atoms with Gasteiger partial charge in [0, 0.05) is 32.3 Å². The fourth-order valence-electron chi connectivity index (χ4n) is 9.40. The van der Waals surface area contributed by atoms with Gasteiger partial charge in [0.1, 0.15) is 6.10 Å². The van der Waals surface area contributed by atoms with Crippen LogP contribution in [-0.2, 0) is 9.53 Å². The van der Waals surface area contributed by atoms with Gasteiger partial charge >= 0.3 is 5.97 Å². The number of esters is 1. The first-order chi connectivity index (χ1) is 25.3. The van der Waals surface area contributed by atoms with Crippen molar-refractivity contribution in [2.24, 2.45) is 40.4 Å². The fraction of sp³-hybridized carbons (Fsp3) is 0.896. The molecule has 53 heavy (non-hydrogen) atoms. The molecule has 4 nitrogen and oxygen atoms in total. The van der Waals surface area contributed by atoms with E-state index in [-0.39, 0.29) is 12.1 Å². The summed E-state index contributed by atoms with van der Waals surface area (Å²) >= 11 is 1.75. The van der Waals surface area contributed by atoms with Gasteiger partial charge in [0.2, 0.25) is 0 Å². The van der Waals surface area contributed by atoms with E-state index in [1.54, 1.807) is 23.4 Å². The Morgan fingerprint density at radius 2 is 1.57 bits per heavy atom. The third-order valence-corrected chi connectivity index (χ3v) is 12.1.